The molecule has 0 unspecified atom stereocenters. The molecular formula is C21H19F3N4O4S. The molecule has 2 aromatic carbocycles. The van der Waals surface area contributed by atoms with Crippen LogP contribution in [0.1, 0.15) is 32.9 Å². The zero-order valence-electron chi connectivity index (χ0n) is 17.5. The second kappa shape index (κ2) is 8.79. The lowest BCUT2D eigenvalue weighted by atomic mass is 10.1. The van der Waals surface area contributed by atoms with Gasteiger partial charge in [0, 0.05) is 6.54 Å². The molecule has 0 bridgehead atoms. The molecule has 0 aliphatic carbocycles. The number of alkyl halides is 3. The monoisotopic (exact) mass is 480 g/mol. The van der Waals surface area contributed by atoms with E-state index in [0.717, 1.165) is 12.1 Å². The van der Waals surface area contributed by atoms with Crippen molar-refractivity contribution in [2.75, 3.05) is 0 Å². The van der Waals surface area contributed by atoms with Gasteiger partial charge in [0.05, 0.1) is 33.1 Å². The van der Waals surface area contributed by atoms with Crippen molar-refractivity contribution < 1.29 is 31.2 Å². The number of rotatable bonds is 6. The van der Waals surface area contributed by atoms with Crippen LogP contribution in [-0.2, 0) is 27.5 Å². The summed E-state index contributed by atoms with van der Waals surface area (Å²) in [5, 5.41) is 11.6. The van der Waals surface area contributed by atoms with Gasteiger partial charge in [-0.2, -0.15) is 18.3 Å². The summed E-state index contributed by atoms with van der Waals surface area (Å²) in [4.78, 5) is 25.0. The molecule has 1 aromatic heterocycles. The molecule has 33 heavy (non-hydrogen) atoms. The molecule has 0 aliphatic rings. The lowest BCUT2D eigenvalue weighted by molar-refractivity contribution is -0.137. The maximum atomic E-state index is 13.0. The zero-order valence-corrected chi connectivity index (χ0v) is 18.3. The fourth-order valence-corrected chi connectivity index (χ4v) is 3.73. The van der Waals surface area contributed by atoms with Crippen molar-refractivity contribution in [3.05, 3.63) is 76.6 Å². The Labute approximate surface area is 187 Å². The summed E-state index contributed by atoms with van der Waals surface area (Å²) in [5.74, 6) is -1.84. The highest BCUT2D eigenvalue weighted by molar-refractivity contribution is 7.89. The highest BCUT2D eigenvalue weighted by atomic mass is 32.2. The Morgan fingerprint density at radius 2 is 1.73 bits per heavy atom. The number of hydrogen-bond acceptors (Lipinski definition) is 5. The topological polar surface area (TPSA) is 124 Å². The van der Waals surface area contributed by atoms with Gasteiger partial charge in [-0.05, 0) is 49.7 Å². The normalized spacial score (nSPS) is 11.9. The van der Waals surface area contributed by atoms with E-state index < -0.39 is 33.5 Å². The molecule has 0 atom stereocenters. The van der Waals surface area contributed by atoms with E-state index in [9.17, 15) is 31.2 Å². The first kappa shape index (κ1) is 24.1. The molecule has 0 spiro atoms. The van der Waals surface area contributed by atoms with Crippen LogP contribution in [0.4, 0.5) is 13.2 Å². The van der Waals surface area contributed by atoms with Gasteiger partial charge >= 0.3 is 6.18 Å². The number of benzene rings is 2. The second-order valence-electron chi connectivity index (χ2n) is 7.21. The first-order valence-corrected chi connectivity index (χ1v) is 11.0. The van der Waals surface area contributed by atoms with Crippen LogP contribution >= 0.6 is 0 Å². The second-order valence-corrected chi connectivity index (χ2v) is 8.77. The lowest BCUT2D eigenvalue weighted by Crippen LogP contribution is -2.31. The van der Waals surface area contributed by atoms with Gasteiger partial charge in [0.1, 0.15) is 0 Å². The quantitative estimate of drug-likeness (QED) is 0.415. The average molecular weight is 480 g/mol. The Morgan fingerprint density at radius 3 is 2.30 bits per heavy atom. The minimum atomic E-state index is -4.54. The predicted molar refractivity (Wildman–Crippen MR) is 112 cm³/mol. The van der Waals surface area contributed by atoms with E-state index in [1.54, 1.807) is 0 Å². The number of nitrogens with one attached hydrogen (secondary N) is 1. The third-order valence-electron chi connectivity index (χ3n) is 4.85. The maximum absolute atomic E-state index is 13.0. The Hall–Kier alpha value is -3.51. The fourth-order valence-electron chi connectivity index (χ4n) is 3.21. The number of primary sulfonamides is 1. The van der Waals surface area contributed by atoms with E-state index in [-0.39, 0.29) is 34.1 Å². The van der Waals surface area contributed by atoms with Crippen LogP contribution in [0.25, 0.3) is 5.69 Å². The minimum absolute atomic E-state index is 0.0190. The zero-order chi connectivity index (χ0) is 24.6. The predicted octanol–water partition coefficient (Wildman–Crippen LogP) is 2.65. The summed E-state index contributed by atoms with van der Waals surface area (Å²) in [5.41, 5.74) is 0.129. The molecule has 3 rings (SSSR count). The minimum Gasteiger partial charge on any atom is -0.345 e. The number of aryl methyl sites for hydroxylation is 1. The summed E-state index contributed by atoms with van der Waals surface area (Å²) < 4.78 is 62.9. The Kier molecular flexibility index (Phi) is 6.43. The van der Waals surface area contributed by atoms with Crippen LogP contribution in [0.2, 0.25) is 0 Å². The maximum Gasteiger partial charge on any atom is 0.416 e. The highest BCUT2D eigenvalue weighted by Gasteiger charge is 2.31. The van der Waals surface area contributed by atoms with E-state index in [2.05, 4.69) is 10.4 Å². The van der Waals surface area contributed by atoms with E-state index in [1.165, 1.54) is 54.9 Å². The molecular weight excluding hydrogens is 461 g/mol. The van der Waals surface area contributed by atoms with E-state index in [4.69, 9.17) is 5.14 Å². The molecule has 1 amide bonds. The standard InChI is InChI=1S/C21H19F3N4O4S/c1-12-18(13(2)28(27-12)16-5-3-4-15(10-16)21(22,23)24)19(29)20(30)26-11-14-6-8-17(9-7-14)33(25,31)32/h3-10H,11H2,1-2H3,(H,26,30)(H2,25,31,32). The third kappa shape index (κ3) is 5.29. The summed E-state index contributed by atoms with van der Waals surface area (Å²) >= 11 is 0. The number of Topliss-reactive ketones (excluding diaryl/α,β-unsaturated/α-hetero) is 1. The van der Waals surface area contributed by atoms with Crippen molar-refractivity contribution >= 4 is 21.7 Å². The lowest BCUT2D eigenvalue weighted by Gasteiger charge is -2.10. The SMILES string of the molecule is Cc1nn(-c2cccc(C(F)(F)F)c2)c(C)c1C(=O)C(=O)NCc1ccc(S(N)(=O)=O)cc1. The molecule has 8 nitrogen and oxygen atoms in total. The molecule has 12 heteroatoms. The van der Waals surface area contributed by atoms with Gasteiger partial charge in [-0.3, -0.25) is 9.59 Å². The van der Waals surface area contributed by atoms with Crippen molar-refractivity contribution in [2.45, 2.75) is 31.5 Å². The fraction of sp³-hybridized carbons (Fsp3) is 0.190. The Bertz CT molecular complexity index is 1330. The first-order valence-electron chi connectivity index (χ1n) is 9.47. The number of aromatic nitrogens is 2. The number of carbonyl (C=O) groups excluding carboxylic acids is 2. The van der Waals surface area contributed by atoms with Gasteiger partial charge in [0.2, 0.25) is 10.0 Å². The highest BCUT2D eigenvalue weighted by Crippen LogP contribution is 2.31. The van der Waals surface area contributed by atoms with Gasteiger partial charge < -0.3 is 5.32 Å². The smallest absolute Gasteiger partial charge is 0.345 e. The van der Waals surface area contributed by atoms with Gasteiger partial charge in [0.15, 0.2) is 0 Å². The van der Waals surface area contributed by atoms with Gasteiger partial charge in [-0.25, -0.2) is 18.2 Å². The number of ketones is 1. The summed E-state index contributed by atoms with van der Waals surface area (Å²) in [7, 11) is -3.85. The molecule has 0 saturated heterocycles. The van der Waals surface area contributed by atoms with Crippen LogP contribution < -0.4 is 10.5 Å². The molecule has 174 valence electrons. The molecule has 1 heterocycles. The number of nitrogens with zero attached hydrogens (tertiary/aromatic N) is 2. The molecule has 0 fully saturated rings. The third-order valence-corrected chi connectivity index (χ3v) is 5.78. The van der Waals surface area contributed by atoms with Crippen molar-refractivity contribution in [3.8, 4) is 5.69 Å². The molecule has 0 saturated carbocycles. The Balaban J connectivity index is 1.79. The van der Waals surface area contributed by atoms with Crippen molar-refractivity contribution in [3.63, 3.8) is 0 Å². The number of carbonyl (C=O) groups is 2. The van der Waals surface area contributed by atoms with Crippen LogP contribution in [0.3, 0.4) is 0 Å². The van der Waals surface area contributed by atoms with E-state index in [1.807, 2.05) is 0 Å². The number of amides is 1. The van der Waals surface area contributed by atoms with Gasteiger partial charge in [-0.1, -0.05) is 18.2 Å². The van der Waals surface area contributed by atoms with Crippen LogP contribution in [0.5, 0.6) is 0 Å². The summed E-state index contributed by atoms with van der Waals surface area (Å²) in [6, 6.07) is 9.87. The van der Waals surface area contributed by atoms with Crippen LogP contribution in [0, 0.1) is 13.8 Å². The van der Waals surface area contributed by atoms with Gasteiger partial charge in [0.25, 0.3) is 11.7 Å². The van der Waals surface area contributed by atoms with Crippen LogP contribution in [0.15, 0.2) is 53.4 Å². The van der Waals surface area contributed by atoms with Crippen molar-refractivity contribution in [2.24, 2.45) is 5.14 Å². The van der Waals surface area contributed by atoms with E-state index >= 15 is 0 Å². The van der Waals surface area contributed by atoms with E-state index in [0.29, 0.717) is 5.56 Å². The average Bonchev–Trinajstić information content (AvgIpc) is 3.04. The summed E-state index contributed by atoms with van der Waals surface area (Å²) in [6.07, 6.45) is -4.54. The number of halogens is 3. The van der Waals surface area contributed by atoms with Crippen LogP contribution in [-0.4, -0.2) is 29.9 Å². The largest absolute Gasteiger partial charge is 0.416 e. The van der Waals surface area contributed by atoms with Crippen molar-refractivity contribution in [1.29, 1.82) is 0 Å². The van der Waals surface area contributed by atoms with Crippen molar-refractivity contribution in [1.82, 2.24) is 15.1 Å². The number of hydrogen-bond donors (Lipinski definition) is 2. The molecule has 3 aromatic rings. The molecule has 0 aliphatic heterocycles. The Morgan fingerprint density at radius 1 is 1.09 bits per heavy atom. The molecule has 0 radical (unpaired) electrons. The molecule has 3 N–H and O–H groups in total. The van der Waals surface area contributed by atoms with Gasteiger partial charge in [-0.15, -0.1) is 0 Å². The summed E-state index contributed by atoms with van der Waals surface area (Å²) in [6.45, 7) is 2.89. The number of nitrogens with two attached hydrogens (primary N) is 1. The first-order chi connectivity index (χ1) is 15.3. The number of sulfonamides is 1.